The van der Waals surface area contributed by atoms with Crippen molar-refractivity contribution in [1.29, 1.82) is 0 Å². The number of carboxylic acids is 1. The van der Waals surface area contributed by atoms with E-state index in [9.17, 15) is 19.5 Å². The van der Waals surface area contributed by atoms with Gasteiger partial charge in [-0.3, -0.25) is 24.3 Å². The van der Waals surface area contributed by atoms with Crippen molar-refractivity contribution in [2.24, 2.45) is 0 Å². The summed E-state index contributed by atoms with van der Waals surface area (Å²) >= 11 is 0.946. The molecule has 2 aromatic heterocycles. The van der Waals surface area contributed by atoms with Gasteiger partial charge in [-0.05, 0) is 49.2 Å². The lowest BCUT2D eigenvalue weighted by molar-refractivity contribution is -0.134. The zero-order chi connectivity index (χ0) is 28.4. The first-order chi connectivity index (χ1) is 18.5. The Morgan fingerprint density at radius 1 is 1.21 bits per heavy atom. The molecule has 39 heavy (non-hydrogen) atoms. The van der Waals surface area contributed by atoms with Crippen LogP contribution in [-0.4, -0.2) is 57.0 Å². The Bertz CT molecular complexity index is 1490. The maximum Gasteiger partial charge on any atom is 0.350 e. The minimum absolute atomic E-state index is 0.0144. The molecule has 12 heteroatoms. The van der Waals surface area contributed by atoms with E-state index in [1.807, 2.05) is 6.92 Å². The van der Waals surface area contributed by atoms with Crippen LogP contribution in [0.4, 0.5) is 5.13 Å². The average molecular weight is 552 g/mol. The number of aliphatic hydroxyl groups is 1. The molecule has 1 saturated heterocycles. The fourth-order valence-corrected chi connectivity index (χ4v) is 5.39. The molecule has 5 rings (SSSR count). The maximum atomic E-state index is 13.3. The number of anilines is 1. The number of thiazole rings is 1. The second-order valence-electron chi connectivity index (χ2n) is 8.83. The number of benzene rings is 1. The van der Waals surface area contributed by atoms with Gasteiger partial charge in [-0.2, -0.15) is 0 Å². The third kappa shape index (κ3) is 5.36. The highest BCUT2D eigenvalue weighted by Crippen LogP contribution is 2.44. The van der Waals surface area contributed by atoms with Gasteiger partial charge in [0.05, 0.1) is 24.4 Å². The van der Waals surface area contributed by atoms with Gasteiger partial charge < -0.3 is 19.7 Å². The number of carboxylic acid groups (broad SMARTS) is 1. The molecule has 3 aromatic rings. The van der Waals surface area contributed by atoms with Crippen LogP contribution in [0.1, 0.15) is 51.9 Å². The van der Waals surface area contributed by atoms with Gasteiger partial charge in [-0.1, -0.05) is 17.4 Å². The first-order valence-electron chi connectivity index (χ1n) is 11.8. The lowest BCUT2D eigenvalue weighted by Crippen LogP contribution is -2.29. The quantitative estimate of drug-likeness (QED) is 0.212. The summed E-state index contributed by atoms with van der Waals surface area (Å²) in [7, 11) is 1.26. The first-order valence-corrected chi connectivity index (χ1v) is 12.6. The topological polar surface area (TPSA) is 156 Å². The molecule has 0 radical (unpaired) electrons. The number of aliphatic carboxylic acids is 1. The molecule has 2 aliphatic heterocycles. The highest BCUT2D eigenvalue weighted by atomic mass is 32.1. The highest BCUT2D eigenvalue weighted by molar-refractivity contribution is 7.17. The number of ketones is 1. The molecule has 0 bridgehead atoms. The molecule has 0 spiro atoms. The van der Waals surface area contributed by atoms with Crippen molar-refractivity contribution in [2.75, 3.05) is 12.0 Å². The third-order valence-electron chi connectivity index (χ3n) is 5.98. The minimum atomic E-state index is -0.983. The van der Waals surface area contributed by atoms with Crippen molar-refractivity contribution in [3.8, 4) is 5.75 Å². The normalized spacial score (nSPS) is 19.1. The van der Waals surface area contributed by atoms with Crippen molar-refractivity contribution in [2.45, 2.75) is 39.3 Å². The number of pyridine rings is 1. The summed E-state index contributed by atoms with van der Waals surface area (Å²) in [5.41, 5.74) is 2.11. The molecule has 0 aliphatic carbocycles. The monoisotopic (exact) mass is 551 g/mol. The van der Waals surface area contributed by atoms with Gasteiger partial charge in [0.25, 0.3) is 11.8 Å². The molecule has 2 N–H and O–H groups in total. The molecule has 2 unspecified atom stereocenters. The molecule has 2 atom stereocenters. The minimum Gasteiger partial charge on any atom is -0.507 e. The average Bonchev–Trinajstić information content (AvgIpc) is 3.55. The summed E-state index contributed by atoms with van der Waals surface area (Å²) in [5.74, 6) is -2.71. The molecular formula is C27H25N3O8S. The lowest BCUT2D eigenvalue weighted by atomic mass is 9.95. The van der Waals surface area contributed by atoms with E-state index in [-0.39, 0.29) is 27.4 Å². The van der Waals surface area contributed by atoms with Gasteiger partial charge in [0.1, 0.15) is 22.5 Å². The van der Waals surface area contributed by atoms with E-state index in [1.54, 1.807) is 43.5 Å². The maximum absolute atomic E-state index is 13.3. The number of aliphatic hydroxyl groups excluding tert-OH is 1. The fraction of sp³-hybridized carbons (Fsp3) is 0.259. The lowest BCUT2D eigenvalue weighted by Gasteiger charge is -2.22. The number of ether oxygens (including phenoxy) is 2. The second kappa shape index (κ2) is 11.0. The van der Waals surface area contributed by atoms with Crippen LogP contribution in [0, 0.1) is 6.92 Å². The summed E-state index contributed by atoms with van der Waals surface area (Å²) in [6.07, 6.45) is 3.78. The molecular weight excluding hydrogens is 526 g/mol. The number of nitrogens with zero attached hydrogens (tertiary/aromatic N) is 3. The number of hydrogen-bond donors (Lipinski definition) is 2. The Kier molecular flexibility index (Phi) is 7.77. The van der Waals surface area contributed by atoms with Crippen LogP contribution >= 0.6 is 11.3 Å². The third-order valence-corrected chi connectivity index (χ3v) is 7.11. The second-order valence-corrected chi connectivity index (χ2v) is 9.81. The highest BCUT2D eigenvalue weighted by Gasteiger charge is 2.48. The predicted octanol–water partition coefficient (Wildman–Crippen LogP) is 3.67. The van der Waals surface area contributed by atoms with Gasteiger partial charge >= 0.3 is 11.9 Å². The molecule has 0 saturated carbocycles. The van der Waals surface area contributed by atoms with E-state index in [1.165, 1.54) is 18.2 Å². The smallest absolute Gasteiger partial charge is 0.350 e. The van der Waals surface area contributed by atoms with Crippen molar-refractivity contribution >= 4 is 45.9 Å². The van der Waals surface area contributed by atoms with Gasteiger partial charge in [-0.25, -0.2) is 9.78 Å². The standard InChI is InChI=1S/C25H21N3O6S.C2H4O2/c1-12-9-16-10-14(6-7-17(16)34-12)20(29)18-19(15-5-4-8-26-11-15)28(23(31)21(18)30)25-27-13(2)22(35-25)24(32)33-3;1-2(3)4/h4-8,10-12,19,29H,9H2,1-3H3;1H3,(H,3,4). The van der Waals surface area contributed by atoms with E-state index in [0.717, 1.165) is 29.6 Å². The Morgan fingerprint density at radius 3 is 2.56 bits per heavy atom. The van der Waals surface area contributed by atoms with E-state index in [0.29, 0.717) is 23.2 Å². The van der Waals surface area contributed by atoms with Crippen LogP contribution in [0.2, 0.25) is 0 Å². The van der Waals surface area contributed by atoms with Gasteiger partial charge in [0.15, 0.2) is 5.13 Å². The van der Waals surface area contributed by atoms with Crippen LogP contribution < -0.4 is 9.64 Å². The van der Waals surface area contributed by atoms with Crippen molar-refractivity contribution in [3.05, 3.63) is 75.6 Å². The summed E-state index contributed by atoms with van der Waals surface area (Å²) < 4.78 is 10.5. The number of hydrogen-bond acceptors (Lipinski definition) is 10. The number of carbonyl (C=O) groups excluding carboxylic acids is 3. The predicted molar refractivity (Wildman–Crippen MR) is 141 cm³/mol. The molecule has 202 valence electrons. The summed E-state index contributed by atoms with van der Waals surface area (Å²) in [6.45, 7) is 4.65. The van der Waals surface area contributed by atoms with Crippen LogP contribution in [0.15, 0.2) is 48.3 Å². The van der Waals surface area contributed by atoms with E-state index in [4.69, 9.17) is 19.4 Å². The van der Waals surface area contributed by atoms with Crippen molar-refractivity contribution in [3.63, 3.8) is 0 Å². The number of methoxy groups -OCH3 is 1. The molecule has 2 aliphatic rings. The number of amides is 1. The Morgan fingerprint density at radius 2 is 1.92 bits per heavy atom. The summed E-state index contributed by atoms with van der Waals surface area (Å²) in [5, 5.41) is 18.9. The number of aryl methyl sites for hydroxylation is 1. The SMILES string of the molecule is CC(=O)O.COC(=O)c1sc(N2C(=O)C(=O)C(=C(O)c3ccc4c(c3)CC(C)O4)C2c2cccnc2)nc1C. The molecule has 1 amide bonds. The summed E-state index contributed by atoms with van der Waals surface area (Å²) in [4.78, 5) is 57.6. The number of aromatic nitrogens is 2. The van der Waals surface area contributed by atoms with Crippen molar-refractivity contribution < 1.29 is 38.9 Å². The number of esters is 1. The number of Topliss-reactive ketones (excluding diaryl/α,β-unsaturated/α-hetero) is 1. The van der Waals surface area contributed by atoms with Crippen LogP contribution in [0.25, 0.3) is 5.76 Å². The molecule has 1 aromatic carbocycles. The Labute approximate surface area is 227 Å². The van der Waals surface area contributed by atoms with Crippen LogP contribution in [0.3, 0.4) is 0 Å². The van der Waals surface area contributed by atoms with E-state index < -0.39 is 29.7 Å². The molecule has 1 fully saturated rings. The Balaban J connectivity index is 0.000000826. The zero-order valence-electron chi connectivity index (χ0n) is 21.5. The van der Waals surface area contributed by atoms with Gasteiger partial charge in [0.2, 0.25) is 0 Å². The number of carbonyl (C=O) groups is 4. The molecule has 4 heterocycles. The first kappa shape index (κ1) is 27.5. The largest absolute Gasteiger partial charge is 0.507 e. The summed E-state index contributed by atoms with van der Waals surface area (Å²) in [6, 6.07) is 7.58. The Hall–Kier alpha value is -4.58. The van der Waals surface area contributed by atoms with Gasteiger partial charge in [0, 0.05) is 31.3 Å². The van der Waals surface area contributed by atoms with Crippen molar-refractivity contribution in [1.82, 2.24) is 9.97 Å². The van der Waals surface area contributed by atoms with Crippen LogP contribution in [0.5, 0.6) is 5.75 Å². The fourth-order valence-electron chi connectivity index (χ4n) is 4.38. The zero-order valence-corrected chi connectivity index (χ0v) is 22.3. The molecule has 11 nitrogen and oxygen atoms in total. The van der Waals surface area contributed by atoms with Crippen LogP contribution in [-0.2, 0) is 25.5 Å². The van der Waals surface area contributed by atoms with Gasteiger partial charge in [-0.15, -0.1) is 0 Å². The van der Waals surface area contributed by atoms with E-state index in [2.05, 4.69) is 9.97 Å². The number of rotatable bonds is 4. The van der Waals surface area contributed by atoms with E-state index >= 15 is 0 Å². The number of fused-ring (bicyclic) bond motifs is 1.